The molecule has 7 nitrogen and oxygen atoms in total. The molecule has 1 aliphatic heterocycles. The minimum absolute atomic E-state index is 0.0216. The fourth-order valence-corrected chi connectivity index (χ4v) is 5.09. The van der Waals surface area contributed by atoms with Crippen LogP contribution < -0.4 is 10.6 Å². The summed E-state index contributed by atoms with van der Waals surface area (Å²) in [5, 5.41) is 5.28. The van der Waals surface area contributed by atoms with Crippen LogP contribution in [-0.4, -0.2) is 32.8 Å². The molecule has 0 fully saturated rings. The fraction of sp³-hybridized carbons (Fsp3) is 0.360. The summed E-state index contributed by atoms with van der Waals surface area (Å²) in [5.41, 5.74) is 3.69. The van der Waals surface area contributed by atoms with Gasteiger partial charge in [0.25, 0.3) is 0 Å². The van der Waals surface area contributed by atoms with Gasteiger partial charge in [0.15, 0.2) is 9.84 Å². The van der Waals surface area contributed by atoms with Crippen molar-refractivity contribution in [1.29, 1.82) is 0 Å². The van der Waals surface area contributed by atoms with Gasteiger partial charge in [-0.3, -0.25) is 0 Å². The van der Waals surface area contributed by atoms with Crippen LogP contribution in [0.3, 0.4) is 0 Å². The second-order valence-electron chi connectivity index (χ2n) is 8.47. The first-order valence-electron chi connectivity index (χ1n) is 10.9. The van der Waals surface area contributed by atoms with E-state index in [9.17, 15) is 18.0 Å². The highest BCUT2D eigenvalue weighted by atomic mass is 32.2. The Hall–Kier alpha value is -3.13. The Balaban J connectivity index is 2.09. The number of esters is 1. The van der Waals surface area contributed by atoms with Gasteiger partial charge in [0.2, 0.25) is 0 Å². The third kappa shape index (κ3) is 5.45. The van der Waals surface area contributed by atoms with E-state index in [0.717, 1.165) is 16.7 Å². The zero-order valence-electron chi connectivity index (χ0n) is 19.6. The van der Waals surface area contributed by atoms with Crippen molar-refractivity contribution < 1.29 is 22.7 Å². The molecule has 0 bridgehead atoms. The molecule has 2 N–H and O–H groups in total. The molecule has 0 saturated heterocycles. The van der Waals surface area contributed by atoms with Crippen LogP contribution in [0.4, 0.5) is 4.79 Å². The number of aryl methyl sites for hydroxylation is 2. The van der Waals surface area contributed by atoms with E-state index in [-0.39, 0.29) is 22.8 Å². The van der Waals surface area contributed by atoms with Crippen molar-refractivity contribution >= 4 is 21.8 Å². The second-order valence-corrected chi connectivity index (χ2v) is 10.5. The van der Waals surface area contributed by atoms with Crippen LogP contribution >= 0.6 is 0 Å². The van der Waals surface area contributed by atoms with Gasteiger partial charge in [0.05, 0.1) is 28.9 Å². The number of urea groups is 1. The second kappa shape index (κ2) is 9.79. The first kappa shape index (κ1) is 24.5. The molecule has 2 amide bonds. The smallest absolute Gasteiger partial charge is 0.338 e. The van der Waals surface area contributed by atoms with Gasteiger partial charge in [-0.15, -0.1) is 0 Å². The van der Waals surface area contributed by atoms with E-state index in [0.29, 0.717) is 11.5 Å². The lowest BCUT2D eigenvalue weighted by molar-refractivity contribution is -0.139. The van der Waals surface area contributed by atoms with Crippen molar-refractivity contribution in [3.8, 4) is 0 Å². The zero-order chi connectivity index (χ0) is 24.3. The average molecular weight is 471 g/mol. The molecule has 3 rings (SSSR count). The van der Waals surface area contributed by atoms with Gasteiger partial charge in [-0.25, -0.2) is 18.0 Å². The summed E-state index contributed by atoms with van der Waals surface area (Å²) in [4.78, 5) is 25.5. The lowest BCUT2D eigenvalue weighted by Crippen LogP contribution is -2.47. The van der Waals surface area contributed by atoms with Gasteiger partial charge in [-0.1, -0.05) is 44.2 Å². The Labute approximate surface area is 195 Å². The number of benzene rings is 2. The summed E-state index contributed by atoms with van der Waals surface area (Å²) in [6, 6.07) is 11.0. The van der Waals surface area contributed by atoms with Gasteiger partial charge in [-0.05, 0) is 61.1 Å². The summed E-state index contributed by atoms with van der Waals surface area (Å²) >= 11 is 0. The number of hydrogen-bond donors (Lipinski definition) is 2. The Morgan fingerprint density at radius 3 is 2.30 bits per heavy atom. The third-order valence-corrected chi connectivity index (χ3v) is 7.40. The molecular formula is C25H30N2O5S. The molecule has 0 aliphatic carbocycles. The molecule has 1 aliphatic rings. The Morgan fingerprint density at radius 1 is 1.06 bits per heavy atom. The van der Waals surface area contributed by atoms with Crippen LogP contribution in [0, 0.1) is 13.8 Å². The van der Waals surface area contributed by atoms with Crippen LogP contribution in [-0.2, 0) is 19.4 Å². The molecule has 0 radical (unpaired) electrons. The molecule has 1 heterocycles. The standard InChI is InChI=1S/C25H30N2O5S/c1-6-32-24(28)22-21(14-33(30,31)20-12-7-16(4)17(5)13-20)26-25(29)27-23(22)19-10-8-18(9-11-19)15(2)3/h7-13,15,23H,6,14H2,1-5H3,(H2,26,27,29)/t23-/m1/s1. The van der Waals surface area contributed by atoms with Crippen molar-refractivity contribution in [2.75, 3.05) is 12.4 Å². The largest absolute Gasteiger partial charge is 0.463 e. The van der Waals surface area contributed by atoms with Crippen LogP contribution in [0.15, 0.2) is 58.6 Å². The maximum atomic E-state index is 13.2. The van der Waals surface area contributed by atoms with Crippen molar-refractivity contribution in [2.45, 2.75) is 51.5 Å². The first-order valence-corrected chi connectivity index (χ1v) is 12.6. The van der Waals surface area contributed by atoms with E-state index < -0.39 is 33.6 Å². The molecule has 8 heteroatoms. The molecule has 2 aromatic rings. The molecule has 2 aromatic carbocycles. The van der Waals surface area contributed by atoms with Gasteiger partial charge in [0.1, 0.15) is 0 Å². The molecule has 176 valence electrons. The van der Waals surface area contributed by atoms with Crippen molar-refractivity contribution in [3.63, 3.8) is 0 Å². The van der Waals surface area contributed by atoms with Crippen LogP contribution in [0.25, 0.3) is 0 Å². The number of ether oxygens (including phenoxy) is 1. The Morgan fingerprint density at radius 2 is 1.73 bits per heavy atom. The average Bonchev–Trinajstić information content (AvgIpc) is 2.75. The maximum Gasteiger partial charge on any atom is 0.338 e. The fourth-order valence-electron chi connectivity index (χ4n) is 3.69. The summed E-state index contributed by atoms with van der Waals surface area (Å²) < 4.78 is 31.6. The number of hydrogen-bond acceptors (Lipinski definition) is 5. The van der Waals surface area contributed by atoms with Gasteiger partial charge in [-0.2, -0.15) is 0 Å². The predicted octanol–water partition coefficient (Wildman–Crippen LogP) is 4.07. The van der Waals surface area contributed by atoms with Crippen LogP contribution in [0.2, 0.25) is 0 Å². The van der Waals surface area contributed by atoms with Gasteiger partial charge >= 0.3 is 12.0 Å². The van der Waals surface area contributed by atoms with Crippen molar-refractivity contribution in [2.24, 2.45) is 0 Å². The van der Waals surface area contributed by atoms with E-state index in [1.165, 1.54) is 6.07 Å². The first-order chi connectivity index (χ1) is 15.5. The lowest BCUT2D eigenvalue weighted by atomic mass is 9.93. The van der Waals surface area contributed by atoms with E-state index in [4.69, 9.17) is 4.74 Å². The van der Waals surface area contributed by atoms with Crippen molar-refractivity contribution in [1.82, 2.24) is 10.6 Å². The molecule has 0 saturated carbocycles. The van der Waals surface area contributed by atoms with E-state index in [1.807, 2.05) is 38.1 Å². The summed E-state index contributed by atoms with van der Waals surface area (Å²) in [6.45, 7) is 9.66. The highest BCUT2D eigenvalue weighted by Crippen LogP contribution is 2.30. The molecular weight excluding hydrogens is 440 g/mol. The number of rotatable bonds is 7. The molecule has 0 unspecified atom stereocenters. The number of nitrogens with one attached hydrogen (secondary N) is 2. The minimum Gasteiger partial charge on any atom is -0.463 e. The molecule has 1 atom stereocenters. The SMILES string of the molecule is CCOC(=O)C1=C(CS(=O)(=O)c2ccc(C)c(C)c2)NC(=O)N[C@@H]1c1ccc(C(C)C)cc1. The summed E-state index contributed by atoms with van der Waals surface area (Å²) in [6.07, 6.45) is 0. The Bertz CT molecular complexity index is 1200. The van der Waals surface area contributed by atoms with E-state index >= 15 is 0 Å². The zero-order valence-corrected chi connectivity index (χ0v) is 20.4. The quantitative estimate of drug-likeness (QED) is 0.594. The third-order valence-electron chi connectivity index (χ3n) is 5.76. The minimum atomic E-state index is -3.84. The predicted molar refractivity (Wildman–Crippen MR) is 127 cm³/mol. The number of amides is 2. The van der Waals surface area contributed by atoms with Gasteiger partial charge < -0.3 is 15.4 Å². The number of carbonyl (C=O) groups excluding carboxylic acids is 2. The molecule has 33 heavy (non-hydrogen) atoms. The highest BCUT2D eigenvalue weighted by molar-refractivity contribution is 7.91. The van der Waals surface area contributed by atoms with Crippen LogP contribution in [0.1, 0.15) is 55.0 Å². The molecule has 0 aromatic heterocycles. The molecule has 0 spiro atoms. The Kier molecular flexibility index (Phi) is 7.27. The highest BCUT2D eigenvalue weighted by Gasteiger charge is 2.35. The number of carbonyl (C=O) groups is 2. The van der Waals surface area contributed by atoms with Crippen molar-refractivity contribution in [3.05, 3.63) is 76.0 Å². The summed E-state index contributed by atoms with van der Waals surface area (Å²) in [7, 11) is -3.84. The normalized spacial score (nSPS) is 16.4. The van der Waals surface area contributed by atoms with E-state index in [2.05, 4.69) is 24.5 Å². The summed E-state index contributed by atoms with van der Waals surface area (Å²) in [5.74, 6) is -0.883. The lowest BCUT2D eigenvalue weighted by Gasteiger charge is -2.29. The topological polar surface area (TPSA) is 102 Å². The monoisotopic (exact) mass is 470 g/mol. The number of sulfone groups is 1. The van der Waals surface area contributed by atoms with Gasteiger partial charge in [0, 0.05) is 5.70 Å². The van der Waals surface area contributed by atoms with Crippen LogP contribution in [0.5, 0.6) is 0 Å². The van der Waals surface area contributed by atoms with E-state index in [1.54, 1.807) is 19.1 Å². The maximum absolute atomic E-state index is 13.2.